The summed E-state index contributed by atoms with van der Waals surface area (Å²) in [5.41, 5.74) is 2.72. The number of hydrogen-bond donors (Lipinski definition) is 1. The van der Waals surface area contributed by atoms with Crippen LogP contribution < -0.4 is 14.8 Å². The number of amides is 2. The van der Waals surface area contributed by atoms with Crippen molar-refractivity contribution in [2.45, 2.75) is 19.5 Å². The number of nitrogens with zero attached hydrogens (tertiary/aromatic N) is 1. The van der Waals surface area contributed by atoms with Gasteiger partial charge in [-0.25, -0.2) is 4.39 Å². The van der Waals surface area contributed by atoms with Crippen molar-refractivity contribution >= 4 is 11.8 Å². The van der Waals surface area contributed by atoms with E-state index in [4.69, 9.17) is 9.47 Å². The summed E-state index contributed by atoms with van der Waals surface area (Å²) in [6, 6.07) is 9.50. The highest BCUT2D eigenvalue weighted by Gasteiger charge is 2.26. The summed E-state index contributed by atoms with van der Waals surface area (Å²) >= 11 is 0. The lowest BCUT2D eigenvalue weighted by Gasteiger charge is -2.29. The molecule has 0 unspecified atom stereocenters. The zero-order chi connectivity index (χ0) is 19.4. The number of methoxy groups -OCH3 is 2. The molecule has 1 aliphatic rings. The standard InChI is InChI=1S/C20H21FN2O4/c1-26-17-9-14-7-8-23(12-15(14)10-18(17)27-2)20(25)19(24)22-11-13-3-5-16(21)6-4-13/h3-6,9-10H,7-8,11-12H2,1-2H3,(H,22,24). The molecule has 0 aliphatic carbocycles. The molecule has 27 heavy (non-hydrogen) atoms. The van der Waals surface area contributed by atoms with Crippen LogP contribution in [0.1, 0.15) is 16.7 Å². The summed E-state index contributed by atoms with van der Waals surface area (Å²) < 4.78 is 23.5. The smallest absolute Gasteiger partial charge is 0.312 e. The molecule has 0 fully saturated rings. The van der Waals surface area contributed by atoms with Crippen molar-refractivity contribution in [2.75, 3.05) is 20.8 Å². The fraction of sp³-hybridized carbons (Fsp3) is 0.300. The van der Waals surface area contributed by atoms with E-state index in [1.807, 2.05) is 12.1 Å². The van der Waals surface area contributed by atoms with Crippen LogP contribution in [-0.2, 0) is 29.1 Å². The van der Waals surface area contributed by atoms with Crippen LogP contribution in [0.2, 0.25) is 0 Å². The van der Waals surface area contributed by atoms with Crippen molar-refractivity contribution < 1.29 is 23.5 Å². The lowest BCUT2D eigenvalue weighted by Crippen LogP contribution is -2.44. The molecule has 1 aliphatic heterocycles. The molecule has 0 saturated heterocycles. The SMILES string of the molecule is COc1cc2c(cc1OC)CN(C(=O)C(=O)NCc1ccc(F)cc1)CC2. The Kier molecular flexibility index (Phi) is 5.59. The Hall–Kier alpha value is -3.09. The van der Waals surface area contributed by atoms with Gasteiger partial charge in [-0.3, -0.25) is 9.59 Å². The van der Waals surface area contributed by atoms with E-state index < -0.39 is 11.8 Å². The maximum Gasteiger partial charge on any atom is 0.312 e. The van der Waals surface area contributed by atoms with Crippen LogP contribution in [0.4, 0.5) is 4.39 Å². The number of carbonyl (C=O) groups excluding carboxylic acids is 2. The minimum absolute atomic E-state index is 0.167. The molecule has 2 aromatic carbocycles. The minimum Gasteiger partial charge on any atom is -0.493 e. The van der Waals surface area contributed by atoms with Gasteiger partial charge in [0, 0.05) is 19.6 Å². The molecule has 0 aromatic heterocycles. The molecule has 2 aromatic rings. The first-order valence-electron chi connectivity index (χ1n) is 8.57. The van der Waals surface area contributed by atoms with Gasteiger partial charge in [-0.1, -0.05) is 12.1 Å². The van der Waals surface area contributed by atoms with Crippen LogP contribution in [0.5, 0.6) is 11.5 Å². The lowest BCUT2D eigenvalue weighted by atomic mass is 9.98. The quantitative estimate of drug-likeness (QED) is 0.834. The topological polar surface area (TPSA) is 67.9 Å². The van der Waals surface area contributed by atoms with Gasteiger partial charge < -0.3 is 19.7 Å². The van der Waals surface area contributed by atoms with Crippen LogP contribution in [-0.4, -0.2) is 37.5 Å². The second-order valence-electron chi connectivity index (χ2n) is 6.26. The molecular formula is C20H21FN2O4. The van der Waals surface area contributed by atoms with Gasteiger partial charge in [0.25, 0.3) is 0 Å². The average molecular weight is 372 g/mol. The maximum absolute atomic E-state index is 12.9. The lowest BCUT2D eigenvalue weighted by molar-refractivity contribution is -0.146. The number of nitrogens with one attached hydrogen (secondary N) is 1. The Morgan fingerprint density at radius 1 is 1.07 bits per heavy atom. The third-order valence-corrected chi connectivity index (χ3v) is 4.57. The van der Waals surface area contributed by atoms with Gasteiger partial charge in [-0.15, -0.1) is 0 Å². The van der Waals surface area contributed by atoms with Crippen LogP contribution in [0, 0.1) is 5.82 Å². The van der Waals surface area contributed by atoms with Gasteiger partial charge >= 0.3 is 11.8 Å². The van der Waals surface area contributed by atoms with Gasteiger partial charge in [0.2, 0.25) is 0 Å². The summed E-state index contributed by atoms with van der Waals surface area (Å²) in [5, 5.41) is 2.58. The van der Waals surface area contributed by atoms with E-state index in [1.54, 1.807) is 26.4 Å². The summed E-state index contributed by atoms with van der Waals surface area (Å²) in [7, 11) is 3.13. The van der Waals surface area contributed by atoms with Crippen molar-refractivity contribution in [1.82, 2.24) is 10.2 Å². The Morgan fingerprint density at radius 3 is 2.33 bits per heavy atom. The molecule has 0 bridgehead atoms. The van der Waals surface area contributed by atoms with Gasteiger partial charge in [-0.05, 0) is 47.4 Å². The molecule has 6 nitrogen and oxygen atoms in total. The Labute approximate surface area is 156 Å². The van der Waals surface area contributed by atoms with Crippen molar-refractivity contribution in [2.24, 2.45) is 0 Å². The first-order valence-corrected chi connectivity index (χ1v) is 8.57. The van der Waals surface area contributed by atoms with Crippen LogP contribution >= 0.6 is 0 Å². The highest BCUT2D eigenvalue weighted by molar-refractivity contribution is 6.34. The first kappa shape index (κ1) is 18.7. The third-order valence-electron chi connectivity index (χ3n) is 4.57. The Morgan fingerprint density at radius 2 is 1.70 bits per heavy atom. The predicted octanol–water partition coefficient (Wildman–Crippen LogP) is 2.04. The van der Waals surface area contributed by atoms with Crippen LogP contribution in [0.25, 0.3) is 0 Å². The average Bonchev–Trinajstić information content (AvgIpc) is 2.71. The highest BCUT2D eigenvalue weighted by atomic mass is 19.1. The van der Waals surface area contributed by atoms with Crippen molar-refractivity contribution in [1.29, 1.82) is 0 Å². The molecular weight excluding hydrogens is 351 g/mol. The molecule has 1 heterocycles. The van der Waals surface area contributed by atoms with Gasteiger partial charge in [0.1, 0.15) is 5.82 Å². The predicted molar refractivity (Wildman–Crippen MR) is 96.9 cm³/mol. The molecule has 142 valence electrons. The first-order chi connectivity index (χ1) is 13.0. The van der Waals surface area contributed by atoms with Crippen LogP contribution in [0.3, 0.4) is 0 Å². The van der Waals surface area contributed by atoms with Gasteiger partial charge in [0.15, 0.2) is 11.5 Å². The molecule has 2 amide bonds. The molecule has 0 saturated carbocycles. The van der Waals surface area contributed by atoms with Crippen LogP contribution in [0.15, 0.2) is 36.4 Å². The normalized spacial score (nSPS) is 12.9. The van der Waals surface area contributed by atoms with E-state index >= 15 is 0 Å². The number of fused-ring (bicyclic) bond motifs is 1. The van der Waals surface area contributed by atoms with Gasteiger partial charge in [-0.2, -0.15) is 0 Å². The molecule has 1 N–H and O–H groups in total. The third kappa shape index (κ3) is 4.19. The minimum atomic E-state index is -0.678. The van der Waals surface area contributed by atoms with E-state index in [1.165, 1.54) is 17.0 Å². The second kappa shape index (κ2) is 8.07. The zero-order valence-corrected chi connectivity index (χ0v) is 15.3. The Bertz CT molecular complexity index is 852. The van der Waals surface area contributed by atoms with Crippen molar-refractivity contribution in [3.63, 3.8) is 0 Å². The zero-order valence-electron chi connectivity index (χ0n) is 15.3. The van der Waals surface area contributed by atoms with E-state index in [0.717, 1.165) is 16.7 Å². The molecule has 7 heteroatoms. The fourth-order valence-corrected chi connectivity index (χ4v) is 3.06. The monoisotopic (exact) mass is 372 g/mol. The largest absolute Gasteiger partial charge is 0.493 e. The summed E-state index contributed by atoms with van der Waals surface area (Å²) in [5.74, 6) is -0.375. The summed E-state index contributed by atoms with van der Waals surface area (Å²) in [6.07, 6.45) is 0.632. The molecule has 3 rings (SSSR count). The van der Waals surface area contributed by atoms with E-state index in [-0.39, 0.29) is 12.4 Å². The molecule has 0 radical (unpaired) electrons. The Balaban J connectivity index is 1.64. The summed E-state index contributed by atoms with van der Waals surface area (Å²) in [6.45, 7) is 0.948. The fourth-order valence-electron chi connectivity index (χ4n) is 3.06. The number of carbonyl (C=O) groups is 2. The number of ether oxygens (including phenoxy) is 2. The highest BCUT2D eigenvalue weighted by Crippen LogP contribution is 2.33. The van der Waals surface area contributed by atoms with Gasteiger partial charge in [0.05, 0.1) is 14.2 Å². The molecule has 0 atom stereocenters. The van der Waals surface area contributed by atoms with E-state index in [2.05, 4.69) is 5.32 Å². The second-order valence-corrected chi connectivity index (χ2v) is 6.26. The molecule has 0 spiro atoms. The maximum atomic E-state index is 12.9. The number of hydrogen-bond acceptors (Lipinski definition) is 4. The van der Waals surface area contributed by atoms with E-state index in [0.29, 0.717) is 31.0 Å². The van der Waals surface area contributed by atoms with Crippen molar-refractivity contribution in [3.05, 3.63) is 58.9 Å². The van der Waals surface area contributed by atoms with E-state index in [9.17, 15) is 14.0 Å². The summed E-state index contributed by atoms with van der Waals surface area (Å²) in [4.78, 5) is 26.2. The number of halogens is 1. The van der Waals surface area contributed by atoms with Crippen molar-refractivity contribution in [3.8, 4) is 11.5 Å². The number of benzene rings is 2. The number of rotatable bonds is 4.